The molecule has 3 heterocycles. The van der Waals surface area contributed by atoms with Crippen LogP contribution in [0, 0.1) is 5.82 Å². The Hall–Kier alpha value is -2.92. The topological polar surface area (TPSA) is 51.6 Å². The quantitative estimate of drug-likeness (QED) is 0.539. The predicted molar refractivity (Wildman–Crippen MR) is 91.0 cm³/mol. The Kier molecular flexibility index (Phi) is 3.63. The van der Waals surface area contributed by atoms with Crippen LogP contribution >= 0.6 is 11.6 Å². The van der Waals surface area contributed by atoms with Gasteiger partial charge in [0.25, 0.3) is 0 Å². The fourth-order valence-corrected chi connectivity index (χ4v) is 2.67. The van der Waals surface area contributed by atoms with Crippen LogP contribution in [0.15, 0.2) is 61.1 Å². The molecule has 4 aromatic rings. The van der Waals surface area contributed by atoms with Gasteiger partial charge in [0.1, 0.15) is 11.3 Å². The van der Waals surface area contributed by atoms with Crippen LogP contribution in [0.5, 0.6) is 0 Å². The molecule has 0 saturated heterocycles. The van der Waals surface area contributed by atoms with Gasteiger partial charge in [-0.25, -0.2) is 14.4 Å². The van der Waals surface area contributed by atoms with E-state index in [1.165, 1.54) is 6.07 Å². The number of nitrogens with zero attached hydrogens (tertiary/aromatic N) is 4. The zero-order valence-corrected chi connectivity index (χ0v) is 13.1. The zero-order chi connectivity index (χ0) is 16.5. The van der Waals surface area contributed by atoms with E-state index in [1.54, 1.807) is 30.7 Å². The van der Waals surface area contributed by atoms with Crippen LogP contribution in [0.2, 0.25) is 5.02 Å². The van der Waals surface area contributed by atoms with Crippen molar-refractivity contribution in [2.45, 2.75) is 0 Å². The Morgan fingerprint density at radius 1 is 0.875 bits per heavy atom. The first kappa shape index (κ1) is 14.7. The van der Waals surface area contributed by atoms with E-state index in [-0.39, 0.29) is 5.02 Å². The molecule has 0 aliphatic carbocycles. The Morgan fingerprint density at radius 3 is 2.62 bits per heavy atom. The lowest BCUT2D eigenvalue weighted by molar-refractivity contribution is 0.628. The molecule has 0 N–H and O–H groups in total. The minimum Gasteiger partial charge on any atom is -0.256 e. The molecule has 0 aliphatic heterocycles. The Labute approximate surface area is 142 Å². The second-order valence-corrected chi connectivity index (χ2v) is 5.53. The number of hydrogen-bond acceptors (Lipinski definition) is 4. The van der Waals surface area contributed by atoms with Gasteiger partial charge in [-0.05, 0) is 42.5 Å². The summed E-state index contributed by atoms with van der Waals surface area (Å²) in [7, 11) is 0. The number of hydrogen-bond donors (Lipinski definition) is 0. The van der Waals surface area contributed by atoms with E-state index in [1.807, 2.05) is 24.3 Å². The van der Waals surface area contributed by atoms with Crippen LogP contribution in [-0.4, -0.2) is 19.9 Å². The van der Waals surface area contributed by atoms with Gasteiger partial charge in [0, 0.05) is 29.7 Å². The van der Waals surface area contributed by atoms with Crippen molar-refractivity contribution in [1.29, 1.82) is 0 Å². The molecule has 0 saturated carbocycles. The summed E-state index contributed by atoms with van der Waals surface area (Å²) in [5, 5.41) is 0.0569. The lowest BCUT2D eigenvalue weighted by Gasteiger charge is -2.09. The number of halogens is 2. The summed E-state index contributed by atoms with van der Waals surface area (Å²) >= 11 is 5.90. The molecule has 4 nitrogen and oxygen atoms in total. The molecule has 0 aliphatic rings. The summed E-state index contributed by atoms with van der Waals surface area (Å²) in [6, 6.07) is 12.0. The van der Waals surface area contributed by atoms with Crippen molar-refractivity contribution in [3.63, 3.8) is 0 Å². The standard InChI is InChI=1S/C18H10ClFN4/c19-13-10-11(3-4-14(13)20)17-12(2-1-7-22-17)15-5-6-16-18(24-15)23-9-8-21-16/h1-10H. The zero-order valence-electron chi connectivity index (χ0n) is 12.3. The summed E-state index contributed by atoms with van der Waals surface area (Å²) in [6.45, 7) is 0. The molecule has 24 heavy (non-hydrogen) atoms. The highest BCUT2D eigenvalue weighted by atomic mass is 35.5. The summed E-state index contributed by atoms with van der Waals surface area (Å²) in [5.41, 5.74) is 4.20. The maximum absolute atomic E-state index is 13.4. The minimum absolute atomic E-state index is 0.0569. The average Bonchev–Trinajstić information content (AvgIpc) is 2.63. The van der Waals surface area contributed by atoms with Crippen molar-refractivity contribution in [3.05, 3.63) is 71.9 Å². The SMILES string of the molecule is Fc1ccc(-c2ncccc2-c2ccc3nccnc3n2)cc1Cl. The number of pyridine rings is 2. The average molecular weight is 337 g/mol. The third kappa shape index (κ3) is 2.59. The molecule has 0 amide bonds. The number of fused-ring (bicyclic) bond motifs is 1. The van der Waals surface area contributed by atoms with E-state index in [9.17, 15) is 4.39 Å². The highest BCUT2D eigenvalue weighted by Crippen LogP contribution is 2.31. The van der Waals surface area contributed by atoms with Crippen LogP contribution in [-0.2, 0) is 0 Å². The second-order valence-electron chi connectivity index (χ2n) is 5.12. The van der Waals surface area contributed by atoms with Crippen molar-refractivity contribution >= 4 is 22.8 Å². The van der Waals surface area contributed by atoms with Crippen LogP contribution < -0.4 is 0 Å². The van der Waals surface area contributed by atoms with E-state index in [4.69, 9.17) is 11.6 Å². The molecule has 1 aromatic carbocycles. The van der Waals surface area contributed by atoms with E-state index in [2.05, 4.69) is 19.9 Å². The van der Waals surface area contributed by atoms with Gasteiger partial charge in [0.15, 0.2) is 5.65 Å². The van der Waals surface area contributed by atoms with Gasteiger partial charge in [-0.3, -0.25) is 9.97 Å². The van der Waals surface area contributed by atoms with E-state index in [0.717, 1.165) is 16.6 Å². The van der Waals surface area contributed by atoms with E-state index in [0.29, 0.717) is 17.0 Å². The highest BCUT2D eigenvalue weighted by Gasteiger charge is 2.12. The van der Waals surface area contributed by atoms with Crippen molar-refractivity contribution in [2.24, 2.45) is 0 Å². The van der Waals surface area contributed by atoms with Gasteiger partial charge < -0.3 is 0 Å². The Balaban J connectivity index is 1.90. The number of rotatable bonds is 2. The monoisotopic (exact) mass is 336 g/mol. The molecule has 6 heteroatoms. The van der Waals surface area contributed by atoms with E-state index < -0.39 is 5.82 Å². The molecule has 116 valence electrons. The Morgan fingerprint density at radius 2 is 1.75 bits per heavy atom. The maximum atomic E-state index is 13.4. The molecule has 0 spiro atoms. The fourth-order valence-electron chi connectivity index (χ4n) is 2.49. The third-order valence-corrected chi connectivity index (χ3v) is 3.90. The first-order valence-corrected chi connectivity index (χ1v) is 7.59. The smallest absolute Gasteiger partial charge is 0.178 e. The molecule has 0 radical (unpaired) electrons. The molecular formula is C18H10ClFN4. The summed E-state index contributed by atoms with van der Waals surface area (Å²) < 4.78 is 13.4. The summed E-state index contributed by atoms with van der Waals surface area (Å²) in [6.07, 6.45) is 4.90. The minimum atomic E-state index is -0.461. The van der Waals surface area contributed by atoms with Gasteiger partial charge in [0.2, 0.25) is 0 Å². The van der Waals surface area contributed by atoms with Crippen molar-refractivity contribution in [2.75, 3.05) is 0 Å². The molecule has 4 rings (SSSR count). The van der Waals surface area contributed by atoms with Crippen LogP contribution in [0.25, 0.3) is 33.7 Å². The van der Waals surface area contributed by atoms with Crippen LogP contribution in [0.1, 0.15) is 0 Å². The first-order valence-electron chi connectivity index (χ1n) is 7.21. The largest absolute Gasteiger partial charge is 0.256 e. The normalized spacial score (nSPS) is 10.9. The van der Waals surface area contributed by atoms with Crippen LogP contribution in [0.4, 0.5) is 4.39 Å². The van der Waals surface area contributed by atoms with Crippen molar-refractivity contribution in [3.8, 4) is 22.5 Å². The van der Waals surface area contributed by atoms with Gasteiger partial charge in [-0.2, -0.15) is 0 Å². The Bertz CT molecular complexity index is 1050. The molecule has 0 bridgehead atoms. The number of aromatic nitrogens is 4. The molecule has 0 atom stereocenters. The fraction of sp³-hybridized carbons (Fsp3) is 0. The van der Waals surface area contributed by atoms with Crippen molar-refractivity contribution < 1.29 is 4.39 Å². The molecule has 3 aromatic heterocycles. The summed E-state index contributed by atoms with van der Waals surface area (Å²) in [4.78, 5) is 17.4. The highest BCUT2D eigenvalue weighted by molar-refractivity contribution is 6.31. The molecule has 0 fully saturated rings. The predicted octanol–water partition coefficient (Wildman–Crippen LogP) is 4.55. The molecule has 0 unspecified atom stereocenters. The second kappa shape index (κ2) is 5.94. The van der Waals surface area contributed by atoms with Gasteiger partial charge in [0.05, 0.1) is 16.4 Å². The van der Waals surface area contributed by atoms with Crippen LogP contribution in [0.3, 0.4) is 0 Å². The van der Waals surface area contributed by atoms with Crippen molar-refractivity contribution in [1.82, 2.24) is 19.9 Å². The number of benzene rings is 1. The van der Waals surface area contributed by atoms with E-state index >= 15 is 0 Å². The summed E-state index contributed by atoms with van der Waals surface area (Å²) in [5.74, 6) is -0.461. The lowest BCUT2D eigenvalue weighted by atomic mass is 10.0. The van der Waals surface area contributed by atoms with Gasteiger partial charge in [-0.1, -0.05) is 11.6 Å². The van der Waals surface area contributed by atoms with Gasteiger partial charge >= 0.3 is 0 Å². The first-order chi connectivity index (χ1) is 11.7. The van der Waals surface area contributed by atoms with Gasteiger partial charge in [-0.15, -0.1) is 0 Å². The maximum Gasteiger partial charge on any atom is 0.178 e. The lowest BCUT2D eigenvalue weighted by Crippen LogP contribution is -1.94. The molecular weight excluding hydrogens is 327 g/mol. The third-order valence-electron chi connectivity index (χ3n) is 3.61.